The van der Waals surface area contributed by atoms with E-state index in [9.17, 15) is 0 Å². The van der Waals surface area contributed by atoms with Gasteiger partial charge in [0.2, 0.25) is 0 Å². The third kappa shape index (κ3) is 3.12. The van der Waals surface area contributed by atoms with Crippen molar-refractivity contribution in [2.75, 3.05) is 13.2 Å². The summed E-state index contributed by atoms with van der Waals surface area (Å²) in [5.74, 6) is 0.559. The van der Waals surface area contributed by atoms with Crippen LogP contribution in [0.15, 0.2) is 6.20 Å². The minimum Gasteiger partial charge on any atom is -0.373 e. The van der Waals surface area contributed by atoms with Crippen molar-refractivity contribution in [1.82, 2.24) is 15.1 Å². The second-order valence-electron chi connectivity index (χ2n) is 5.60. The van der Waals surface area contributed by atoms with Crippen molar-refractivity contribution in [1.29, 1.82) is 0 Å². The maximum atomic E-state index is 6.01. The van der Waals surface area contributed by atoms with Crippen LogP contribution in [0.25, 0.3) is 0 Å². The first-order valence-electron chi connectivity index (χ1n) is 6.93. The van der Waals surface area contributed by atoms with Gasteiger partial charge in [-0.15, -0.1) is 0 Å². The first-order chi connectivity index (χ1) is 8.58. The molecule has 0 saturated carbocycles. The van der Waals surface area contributed by atoms with Crippen LogP contribution >= 0.6 is 0 Å². The third-order valence-electron chi connectivity index (χ3n) is 3.59. The molecule has 0 bridgehead atoms. The number of aromatic nitrogens is 2. The fourth-order valence-electron chi connectivity index (χ4n) is 2.68. The fraction of sp³-hybridized carbons (Fsp3) is 0.786. The Balaban J connectivity index is 2.10. The average Bonchev–Trinajstić information content (AvgIpc) is 2.66. The number of ether oxygens (including phenoxy) is 1. The lowest BCUT2D eigenvalue weighted by atomic mass is 9.89. The molecule has 1 fully saturated rings. The van der Waals surface area contributed by atoms with Gasteiger partial charge in [-0.1, -0.05) is 13.8 Å². The summed E-state index contributed by atoms with van der Waals surface area (Å²) in [6.07, 6.45) is 4.71. The van der Waals surface area contributed by atoms with Crippen molar-refractivity contribution < 1.29 is 4.74 Å². The van der Waals surface area contributed by atoms with E-state index < -0.39 is 0 Å². The van der Waals surface area contributed by atoms with Crippen LogP contribution in [0, 0.1) is 12.8 Å². The third-order valence-corrected chi connectivity index (χ3v) is 3.59. The van der Waals surface area contributed by atoms with E-state index in [1.807, 2.05) is 11.7 Å². The van der Waals surface area contributed by atoms with Crippen LogP contribution in [0.1, 0.15) is 44.1 Å². The number of nitrogens with one attached hydrogen (secondary N) is 1. The first-order valence-corrected chi connectivity index (χ1v) is 6.93. The molecule has 0 spiro atoms. The second-order valence-corrected chi connectivity index (χ2v) is 5.60. The van der Waals surface area contributed by atoms with E-state index in [-0.39, 0.29) is 6.10 Å². The van der Waals surface area contributed by atoms with Crippen LogP contribution < -0.4 is 5.32 Å². The Morgan fingerprint density at radius 2 is 2.33 bits per heavy atom. The quantitative estimate of drug-likeness (QED) is 0.891. The van der Waals surface area contributed by atoms with Gasteiger partial charge in [0.1, 0.15) is 0 Å². The van der Waals surface area contributed by atoms with Crippen molar-refractivity contribution in [2.24, 2.45) is 13.0 Å². The summed E-state index contributed by atoms with van der Waals surface area (Å²) in [7, 11) is 1.97. The Morgan fingerprint density at radius 3 is 2.94 bits per heavy atom. The molecule has 0 radical (unpaired) electrons. The zero-order chi connectivity index (χ0) is 13.1. The molecule has 102 valence electrons. The van der Waals surface area contributed by atoms with Gasteiger partial charge in [0.25, 0.3) is 0 Å². The Kier molecular flexibility index (Phi) is 4.40. The maximum absolute atomic E-state index is 6.01. The van der Waals surface area contributed by atoms with Crippen LogP contribution in [0.2, 0.25) is 0 Å². The van der Waals surface area contributed by atoms with Gasteiger partial charge in [0.05, 0.1) is 11.8 Å². The topological polar surface area (TPSA) is 39.1 Å². The van der Waals surface area contributed by atoms with Gasteiger partial charge >= 0.3 is 0 Å². The molecule has 4 nitrogen and oxygen atoms in total. The predicted octanol–water partition coefficient (Wildman–Crippen LogP) is 2.19. The predicted molar refractivity (Wildman–Crippen MR) is 72.5 cm³/mol. The van der Waals surface area contributed by atoms with E-state index >= 15 is 0 Å². The molecular formula is C14H25N3O. The molecule has 2 atom stereocenters. The molecular weight excluding hydrogens is 226 g/mol. The smallest absolute Gasteiger partial charge is 0.0898 e. The van der Waals surface area contributed by atoms with E-state index in [2.05, 4.69) is 37.4 Å². The highest BCUT2D eigenvalue weighted by Crippen LogP contribution is 2.34. The van der Waals surface area contributed by atoms with Gasteiger partial charge in [-0.05, 0) is 19.8 Å². The molecule has 0 amide bonds. The molecule has 1 aromatic rings. The largest absolute Gasteiger partial charge is 0.373 e. The lowest BCUT2D eigenvalue weighted by Crippen LogP contribution is -2.35. The lowest BCUT2D eigenvalue weighted by Gasteiger charge is -2.32. The number of hydrogen-bond donors (Lipinski definition) is 1. The highest BCUT2D eigenvalue weighted by Gasteiger charge is 2.29. The first kappa shape index (κ1) is 13.6. The second kappa shape index (κ2) is 5.85. The molecule has 1 aromatic heterocycles. The molecule has 1 saturated heterocycles. The van der Waals surface area contributed by atoms with E-state index in [1.54, 1.807) is 0 Å². The molecule has 2 heterocycles. The Morgan fingerprint density at radius 1 is 1.56 bits per heavy atom. The monoisotopic (exact) mass is 251 g/mol. The number of hydrogen-bond acceptors (Lipinski definition) is 3. The molecule has 18 heavy (non-hydrogen) atoms. The Labute approximate surface area is 110 Å². The number of nitrogens with zero attached hydrogens (tertiary/aromatic N) is 2. The lowest BCUT2D eigenvalue weighted by molar-refractivity contribution is -0.0286. The zero-order valence-corrected chi connectivity index (χ0v) is 11.9. The molecule has 1 aliphatic heterocycles. The molecule has 1 N–H and O–H groups in total. The van der Waals surface area contributed by atoms with Crippen LogP contribution in [0.4, 0.5) is 0 Å². The van der Waals surface area contributed by atoms with Crippen molar-refractivity contribution in [3.63, 3.8) is 0 Å². The van der Waals surface area contributed by atoms with Crippen LogP contribution in [-0.4, -0.2) is 29.0 Å². The zero-order valence-electron chi connectivity index (χ0n) is 11.9. The van der Waals surface area contributed by atoms with E-state index in [4.69, 9.17) is 4.74 Å². The molecule has 0 aromatic carbocycles. The van der Waals surface area contributed by atoms with Gasteiger partial charge in [-0.25, -0.2) is 0 Å². The highest BCUT2D eigenvalue weighted by atomic mass is 16.5. The van der Waals surface area contributed by atoms with E-state index in [0.717, 1.165) is 18.8 Å². The Bertz CT molecular complexity index is 386. The van der Waals surface area contributed by atoms with Gasteiger partial charge in [0, 0.05) is 43.9 Å². The molecule has 1 aliphatic rings. The van der Waals surface area contributed by atoms with Crippen LogP contribution in [0.5, 0.6) is 0 Å². The summed E-state index contributed by atoms with van der Waals surface area (Å²) in [5.41, 5.74) is 2.35. The number of aryl methyl sites for hydroxylation is 2. The SMILES string of the molecule is Cc1nn(C)cc1C1OCCCC1CNC(C)C. The van der Waals surface area contributed by atoms with Crippen LogP contribution in [0.3, 0.4) is 0 Å². The summed E-state index contributed by atoms with van der Waals surface area (Å²) in [5, 5.41) is 7.97. The highest BCUT2D eigenvalue weighted by molar-refractivity contribution is 5.20. The van der Waals surface area contributed by atoms with Crippen LogP contribution in [-0.2, 0) is 11.8 Å². The van der Waals surface area contributed by atoms with Gasteiger partial charge in [0.15, 0.2) is 0 Å². The molecule has 4 heteroatoms. The summed E-state index contributed by atoms with van der Waals surface area (Å²) < 4.78 is 7.89. The fourth-order valence-corrected chi connectivity index (χ4v) is 2.68. The summed E-state index contributed by atoms with van der Waals surface area (Å²) in [4.78, 5) is 0. The molecule has 2 unspecified atom stereocenters. The van der Waals surface area contributed by atoms with Gasteiger partial charge in [-0.3, -0.25) is 4.68 Å². The minimum absolute atomic E-state index is 0.207. The molecule has 0 aliphatic carbocycles. The minimum atomic E-state index is 0.207. The standard InChI is InChI=1S/C14H25N3O/c1-10(2)15-8-12-6-5-7-18-14(12)13-9-17(4)16-11(13)3/h9-10,12,14-15H,5-8H2,1-4H3. The van der Waals surface area contributed by atoms with Crippen molar-refractivity contribution in [2.45, 2.75) is 45.8 Å². The van der Waals surface area contributed by atoms with Crippen molar-refractivity contribution in [3.8, 4) is 0 Å². The number of rotatable bonds is 4. The van der Waals surface area contributed by atoms with E-state index in [0.29, 0.717) is 12.0 Å². The molecule has 2 rings (SSSR count). The maximum Gasteiger partial charge on any atom is 0.0898 e. The van der Waals surface area contributed by atoms with Gasteiger partial charge < -0.3 is 10.1 Å². The van der Waals surface area contributed by atoms with Crippen molar-refractivity contribution >= 4 is 0 Å². The Hall–Kier alpha value is -0.870. The van der Waals surface area contributed by atoms with E-state index in [1.165, 1.54) is 18.4 Å². The summed E-state index contributed by atoms with van der Waals surface area (Å²) in [6, 6.07) is 0.530. The summed E-state index contributed by atoms with van der Waals surface area (Å²) in [6.45, 7) is 8.34. The summed E-state index contributed by atoms with van der Waals surface area (Å²) >= 11 is 0. The normalized spacial score (nSPS) is 24.7. The van der Waals surface area contributed by atoms with Crippen molar-refractivity contribution in [3.05, 3.63) is 17.5 Å². The van der Waals surface area contributed by atoms with Gasteiger partial charge in [-0.2, -0.15) is 5.10 Å². The average molecular weight is 251 g/mol.